The van der Waals surface area contributed by atoms with E-state index in [4.69, 9.17) is 0 Å². The topological polar surface area (TPSA) is 12.0 Å². The molecule has 0 aromatic rings. The summed E-state index contributed by atoms with van der Waals surface area (Å²) in [6.07, 6.45) is 2.60. The molecule has 0 aliphatic heterocycles. The summed E-state index contributed by atoms with van der Waals surface area (Å²) in [6, 6.07) is 0. The molecule has 0 aliphatic rings. The highest BCUT2D eigenvalue weighted by Gasteiger charge is 1.96. The van der Waals surface area contributed by atoms with Crippen LogP contribution in [-0.4, -0.2) is 24.6 Å². The predicted molar refractivity (Wildman–Crippen MR) is 59.9 cm³/mol. The Morgan fingerprint density at radius 2 is 2.08 bits per heavy atom. The van der Waals surface area contributed by atoms with Crippen molar-refractivity contribution in [3.8, 4) is 0 Å². The van der Waals surface area contributed by atoms with E-state index in [1.54, 1.807) is 0 Å². The Morgan fingerprint density at radius 3 is 2.67 bits per heavy atom. The van der Waals surface area contributed by atoms with Crippen LogP contribution in [0.2, 0.25) is 0 Å². The first kappa shape index (κ1) is 12.3. The van der Waals surface area contributed by atoms with Crippen LogP contribution in [0.15, 0.2) is 0 Å². The lowest BCUT2D eigenvalue weighted by atomic mass is 10.1. The van der Waals surface area contributed by atoms with Gasteiger partial charge in [0.15, 0.2) is 0 Å². The molecular formula is C10H23NS. The third-order valence-electron chi connectivity index (χ3n) is 2.04. The maximum Gasteiger partial charge on any atom is -0.00233 e. The van der Waals surface area contributed by atoms with Gasteiger partial charge in [0.25, 0.3) is 0 Å². The lowest BCUT2D eigenvalue weighted by Gasteiger charge is -2.09. The molecule has 0 spiro atoms. The lowest BCUT2D eigenvalue weighted by molar-refractivity contribution is 0.501. The molecule has 0 saturated carbocycles. The number of thioether (sulfide) groups is 1. The quantitative estimate of drug-likeness (QED) is 0.589. The first-order chi connectivity index (χ1) is 5.81. The maximum absolute atomic E-state index is 3.48. The normalized spacial score (nSPS) is 13.2. The van der Waals surface area contributed by atoms with Crippen LogP contribution in [0.5, 0.6) is 0 Å². The Morgan fingerprint density at radius 1 is 1.33 bits per heavy atom. The number of rotatable bonds is 8. The van der Waals surface area contributed by atoms with E-state index in [0.29, 0.717) is 0 Å². The van der Waals surface area contributed by atoms with Gasteiger partial charge < -0.3 is 5.32 Å². The minimum absolute atomic E-state index is 0.837. The molecule has 1 unspecified atom stereocenters. The van der Waals surface area contributed by atoms with Crippen molar-refractivity contribution in [2.45, 2.75) is 33.6 Å². The minimum Gasteiger partial charge on any atom is -0.316 e. The van der Waals surface area contributed by atoms with Crippen molar-refractivity contribution in [1.29, 1.82) is 0 Å². The Bertz CT molecular complexity index is 85.9. The largest absolute Gasteiger partial charge is 0.316 e. The van der Waals surface area contributed by atoms with Gasteiger partial charge >= 0.3 is 0 Å². The standard InChI is InChI=1S/C10H23NS/c1-4-10(3)9-11-7-6-8-12-5-2/h10-11H,4-9H2,1-3H3. The molecule has 2 heteroatoms. The average Bonchev–Trinajstić information content (AvgIpc) is 2.10. The Labute approximate surface area is 81.7 Å². The molecule has 0 heterocycles. The van der Waals surface area contributed by atoms with Crippen LogP contribution in [0.3, 0.4) is 0 Å². The van der Waals surface area contributed by atoms with E-state index in [9.17, 15) is 0 Å². The number of nitrogens with one attached hydrogen (secondary N) is 1. The Hall–Kier alpha value is 0.310. The van der Waals surface area contributed by atoms with Gasteiger partial charge in [0.05, 0.1) is 0 Å². The van der Waals surface area contributed by atoms with Gasteiger partial charge in [-0.3, -0.25) is 0 Å². The van der Waals surface area contributed by atoms with Gasteiger partial charge in [-0.1, -0.05) is 27.2 Å². The average molecular weight is 189 g/mol. The molecule has 1 atom stereocenters. The van der Waals surface area contributed by atoms with Crippen molar-refractivity contribution in [3.05, 3.63) is 0 Å². The second-order valence-corrected chi connectivity index (χ2v) is 4.66. The molecule has 1 N–H and O–H groups in total. The number of hydrogen-bond acceptors (Lipinski definition) is 2. The van der Waals surface area contributed by atoms with Crippen LogP contribution in [0.1, 0.15) is 33.6 Å². The summed E-state index contributed by atoms with van der Waals surface area (Å²) in [4.78, 5) is 0. The molecule has 0 aromatic heterocycles. The molecule has 0 aliphatic carbocycles. The maximum atomic E-state index is 3.48. The van der Waals surface area contributed by atoms with Crippen LogP contribution >= 0.6 is 11.8 Å². The van der Waals surface area contributed by atoms with Crippen molar-refractivity contribution in [1.82, 2.24) is 5.32 Å². The molecule has 1 nitrogen and oxygen atoms in total. The van der Waals surface area contributed by atoms with E-state index < -0.39 is 0 Å². The zero-order valence-corrected chi connectivity index (χ0v) is 9.54. The zero-order chi connectivity index (χ0) is 9.23. The van der Waals surface area contributed by atoms with Crippen molar-refractivity contribution in [3.63, 3.8) is 0 Å². The lowest BCUT2D eigenvalue weighted by Crippen LogP contribution is -2.22. The summed E-state index contributed by atoms with van der Waals surface area (Å²) >= 11 is 2.03. The highest BCUT2D eigenvalue weighted by molar-refractivity contribution is 7.99. The summed E-state index contributed by atoms with van der Waals surface area (Å²) in [7, 11) is 0. The summed E-state index contributed by atoms with van der Waals surface area (Å²) in [5.74, 6) is 3.40. The molecule has 0 bridgehead atoms. The Balaban J connectivity index is 2.90. The summed E-state index contributed by atoms with van der Waals surface area (Å²) < 4.78 is 0. The Kier molecular flexibility index (Phi) is 9.64. The van der Waals surface area contributed by atoms with Gasteiger partial charge in [-0.05, 0) is 36.9 Å². The smallest absolute Gasteiger partial charge is 0.00233 e. The highest BCUT2D eigenvalue weighted by Crippen LogP contribution is 2.00. The fraction of sp³-hybridized carbons (Fsp3) is 1.00. The van der Waals surface area contributed by atoms with Crippen molar-refractivity contribution in [2.24, 2.45) is 5.92 Å². The summed E-state index contributed by atoms with van der Waals surface area (Å²) in [5, 5.41) is 3.48. The number of hydrogen-bond donors (Lipinski definition) is 1. The molecular weight excluding hydrogens is 166 g/mol. The molecule has 0 fully saturated rings. The van der Waals surface area contributed by atoms with E-state index in [-0.39, 0.29) is 0 Å². The van der Waals surface area contributed by atoms with E-state index in [2.05, 4.69) is 26.1 Å². The van der Waals surface area contributed by atoms with E-state index >= 15 is 0 Å². The van der Waals surface area contributed by atoms with E-state index in [1.165, 1.54) is 37.4 Å². The van der Waals surface area contributed by atoms with Gasteiger partial charge in [-0.2, -0.15) is 11.8 Å². The van der Waals surface area contributed by atoms with Crippen LogP contribution in [0.25, 0.3) is 0 Å². The van der Waals surface area contributed by atoms with Gasteiger partial charge in [0.1, 0.15) is 0 Å². The fourth-order valence-corrected chi connectivity index (χ4v) is 1.57. The van der Waals surface area contributed by atoms with Crippen LogP contribution < -0.4 is 5.32 Å². The molecule has 0 saturated heterocycles. The molecule has 12 heavy (non-hydrogen) atoms. The predicted octanol–water partition coefficient (Wildman–Crippen LogP) is 2.77. The third kappa shape index (κ3) is 8.41. The monoisotopic (exact) mass is 189 g/mol. The van der Waals surface area contributed by atoms with Crippen molar-refractivity contribution < 1.29 is 0 Å². The fourth-order valence-electron chi connectivity index (χ4n) is 0.936. The van der Waals surface area contributed by atoms with Gasteiger partial charge in [-0.25, -0.2) is 0 Å². The zero-order valence-electron chi connectivity index (χ0n) is 8.73. The SMILES string of the molecule is CCSCCCNCC(C)CC. The molecule has 0 amide bonds. The van der Waals surface area contributed by atoms with Gasteiger partial charge in [-0.15, -0.1) is 0 Å². The minimum atomic E-state index is 0.837. The van der Waals surface area contributed by atoms with Crippen molar-refractivity contribution in [2.75, 3.05) is 24.6 Å². The van der Waals surface area contributed by atoms with E-state index in [1.807, 2.05) is 11.8 Å². The molecule has 0 radical (unpaired) electrons. The van der Waals surface area contributed by atoms with E-state index in [0.717, 1.165) is 5.92 Å². The van der Waals surface area contributed by atoms with Crippen molar-refractivity contribution >= 4 is 11.8 Å². The van der Waals surface area contributed by atoms with Crippen LogP contribution in [0.4, 0.5) is 0 Å². The second kappa shape index (κ2) is 9.40. The third-order valence-corrected chi connectivity index (χ3v) is 3.02. The first-order valence-electron chi connectivity index (χ1n) is 5.09. The summed E-state index contributed by atoms with van der Waals surface area (Å²) in [6.45, 7) is 9.15. The first-order valence-corrected chi connectivity index (χ1v) is 6.25. The molecule has 0 rings (SSSR count). The summed E-state index contributed by atoms with van der Waals surface area (Å²) in [5.41, 5.74) is 0. The van der Waals surface area contributed by atoms with Crippen LogP contribution in [0, 0.1) is 5.92 Å². The highest BCUT2D eigenvalue weighted by atomic mass is 32.2. The van der Waals surface area contributed by atoms with Gasteiger partial charge in [0, 0.05) is 0 Å². The molecule has 0 aromatic carbocycles. The van der Waals surface area contributed by atoms with Gasteiger partial charge in [0.2, 0.25) is 0 Å². The second-order valence-electron chi connectivity index (χ2n) is 3.27. The molecule has 74 valence electrons. The van der Waals surface area contributed by atoms with Crippen LogP contribution in [-0.2, 0) is 0 Å².